The first-order valence-electron chi connectivity index (χ1n) is 7.05. The number of pyridine rings is 1. The van der Waals surface area contributed by atoms with Crippen LogP contribution in [0.2, 0.25) is 0 Å². The van der Waals surface area contributed by atoms with Crippen LogP contribution in [0.4, 0.5) is 0 Å². The number of aryl methyl sites for hydroxylation is 1. The lowest BCUT2D eigenvalue weighted by Crippen LogP contribution is -2.48. The van der Waals surface area contributed by atoms with Crippen LogP contribution in [0.25, 0.3) is 0 Å². The van der Waals surface area contributed by atoms with Gasteiger partial charge in [-0.2, -0.15) is 0 Å². The quantitative estimate of drug-likeness (QED) is 0.867. The lowest BCUT2D eigenvalue weighted by molar-refractivity contribution is 0.0627. The van der Waals surface area contributed by atoms with Crippen LogP contribution in [0, 0.1) is 6.92 Å². The van der Waals surface area contributed by atoms with Gasteiger partial charge >= 0.3 is 0 Å². The summed E-state index contributed by atoms with van der Waals surface area (Å²) in [7, 11) is 0. The first kappa shape index (κ1) is 14.2. The minimum Gasteiger partial charge on any atom is -0.336 e. The van der Waals surface area contributed by atoms with Gasteiger partial charge in [-0.05, 0) is 19.1 Å². The molecule has 6 heteroatoms. The van der Waals surface area contributed by atoms with Crippen molar-refractivity contribution in [3.63, 3.8) is 0 Å². The maximum atomic E-state index is 12.3. The van der Waals surface area contributed by atoms with Gasteiger partial charge in [-0.25, -0.2) is 4.98 Å². The van der Waals surface area contributed by atoms with Crippen LogP contribution < -0.4 is 0 Å². The van der Waals surface area contributed by atoms with Gasteiger partial charge in [0.2, 0.25) is 0 Å². The van der Waals surface area contributed by atoms with Crippen LogP contribution in [0.3, 0.4) is 0 Å². The van der Waals surface area contributed by atoms with Crippen molar-refractivity contribution in [1.29, 1.82) is 0 Å². The van der Waals surface area contributed by atoms with E-state index in [9.17, 15) is 4.79 Å². The number of piperazine rings is 1. The second-order valence-corrected chi connectivity index (χ2v) is 6.23. The second kappa shape index (κ2) is 6.32. The summed E-state index contributed by atoms with van der Waals surface area (Å²) < 4.78 is 0. The molecular formula is C15H18N4OS. The van der Waals surface area contributed by atoms with Crippen molar-refractivity contribution in [3.8, 4) is 0 Å². The molecule has 0 aromatic carbocycles. The smallest absolute Gasteiger partial charge is 0.255 e. The molecule has 3 rings (SSSR count). The molecule has 21 heavy (non-hydrogen) atoms. The number of hydrogen-bond acceptors (Lipinski definition) is 5. The fourth-order valence-corrected chi connectivity index (χ4v) is 3.09. The SMILES string of the molecule is Cc1nc(CN2CCN(C(=O)c3cccnc3)CC2)cs1. The Bertz CT molecular complexity index is 605. The number of aromatic nitrogens is 2. The Labute approximate surface area is 128 Å². The third kappa shape index (κ3) is 3.46. The van der Waals surface area contributed by atoms with Crippen molar-refractivity contribution in [1.82, 2.24) is 19.8 Å². The highest BCUT2D eigenvalue weighted by Gasteiger charge is 2.22. The number of hydrogen-bond donors (Lipinski definition) is 0. The Kier molecular flexibility index (Phi) is 4.26. The lowest BCUT2D eigenvalue weighted by Gasteiger charge is -2.34. The van der Waals surface area contributed by atoms with Gasteiger partial charge in [0.05, 0.1) is 16.3 Å². The maximum absolute atomic E-state index is 12.3. The van der Waals surface area contributed by atoms with Crippen LogP contribution in [0.5, 0.6) is 0 Å². The monoisotopic (exact) mass is 302 g/mol. The number of carbonyl (C=O) groups excluding carboxylic acids is 1. The highest BCUT2D eigenvalue weighted by atomic mass is 32.1. The van der Waals surface area contributed by atoms with E-state index in [2.05, 4.69) is 20.2 Å². The molecule has 5 nitrogen and oxygen atoms in total. The van der Waals surface area contributed by atoms with E-state index in [0.29, 0.717) is 5.56 Å². The second-order valence-electron chi connectivity index (χ2n) is 5.17. The van der Waals surface area contributed by atoms with E-state index in [1.807, 2.05) is 17.9 Å². The van der Waals surface area contributed by atoms with E-state index in [1.165, 1.54) is 0 Å². The molecule has 0 saturated carbocycles. The van der Waals surface area contributed by atoms with Gasteiger partial charge in [0, 0.05) is 50.5 Å². The van der Waals surface area contributed by atoms with Crippen LogP contribution >= 0.6 is 11.3 Å². The predicted octanol–water partition coefficient (Wildman–Crippen LogP) is 1.80. The number of rotatable bonds is 3. The van der Waals surface area contributed by atoms with Crippen molar-refractivity contribution in [3.05, 3.63) is 46.2 Å². The van der Waals surface area contributed by atoms with E-state index in [-0.39, 0.29) is 5.91 Å². The van der Waals surface area contributed by atoms with Gasteiger partial charge < -0.3 is 4.90 Å². The molecule has 2 aromatic rings. The molecule has 0 atom stereocenters. The molecular weight excluding hydrogens is 284 g/mol. The van der Waals surface area contributed by atoms with Crippen molar-refractivity contribution in [2.75, 3.05) is 26.2 Å². The first-order chi connectivity index (χ1) is 10.2. The summed E-state index contributed by atoms with van der Waals surface area (Å²) in [5.74, 6) is 0.0762. The molecule has 1 fully saturated rings. The van der Waals surface area contributed by atoms with Crippen LogP contribution in [-0.2, 0) is 6.54 Å². The lowest BCUT2D eigenvalue weighted by atomic mass is 10.2. The van der Waals surface area contributed by atoms with Crippen molar-refractivity contribution in [2.45, 2.75) is 13.5 Å². The normalized spacial score (nSPS) is 16.1. The van der Waals surface area contributed by atoms with E-state index in [1.54, 1.807) is 29.8 Å². The van der Waals surface area contributed by atoms with E-state index >= 15 is 0 Å². The summed E-state index contributed by atoms with van der Waals surface area (Å²) in [5, 5.41) is 3.22. The summed E-state index contributed by atoms with van der Waals surface area (Å²) in [6.45, 7) is 6.21. The summed E-state index contributed by atoms with van der Waals surface area (Å²) in [6, 6.07) is 3.62. The van der Waals surface area contributed by atoms with Gasteiger partial charge in [-0.15, -0.1) is 11.3 Å². The molecule has 3 heterocycles. The van der Waals surface area contributed by atoms with Gasteiger partial charge in [-0.3, -0.25) is 14.7 Å². The summed E-state index contributed by atoms with van der Waals surface area (Å²) in [4.78, 5) is 25.1. The summed E-state index contributed by atoms with van der Waals surface area (Å²) in [5.41, 5.74) is 1.80. The average molecular weight is 302 g/mol. The van der Waals surface area contributed by atoms with Gasteiger partial charge in [0.15, 0.2) is 0 Å². The highest BCUT2D eigenvalue weighted by molar-refractivity contribution is 7.09. The number of carbonyl (C=O) groups is 1. The third-order valence-electron chi connectivity index (χ3n) is 3.62. The molecule has 0 unspecified atom stereocenters. The van der Waals surface area contributed by atoms with Gasteiger partial charge in [-0.1, -0.05) is 0 Å². The standard InChI is InChI=1S/C15H18N4OS/c1-12-17-14(11-21-12)10-18-5-7-19(8-6-18)15(20)13-3-2-4-16-9-13/h2-4,9,11H,5-8,10H2,1H3. The predicted molar refractivity (Wildman–Crippen MR) is 82.3 cm³/mol. The third-order valence-corrected chi connectivity index (χ3v) is 4.44. The molecule has 0 aliphatic carbocycles. The van der Waals surface area contributed by atoms with Gasteiger partial charge in [0.1, 0.15) is 0 Å². The number of amides is 1. The zero-order valence-corrected chi connectivity index (χ0v) is 12.8. The topological polar surface area (TPSA) is 49.3 Å². The number of thiazole rings is 1. The first-order valence-corrected chi connectivity index (χ1v) is 7.93. The van der Waals surface area contributed by atoms with Crippen LogP contribution in [0.1, 0.15) is 21.1 Å². The summed E-state index contributed by atoms with van der Waals surface area (Å²) in [6.07, 6.45) is 3.32. The number of nitrogens with zero attached hydrogens (tertiary/aromatic N) is 4. The fourth-order valence-electron chi connectivity index (χ4n) is 2.49. The van der Waals surface area contributed by atoms with Crippen molar-refractivity contribution >= 4 is 17.2 Å². The Morgan fingerprint density at radius 3 is 2.76 bits per heavy atom. The molecule has 2 aromatic heterocycles. The highest BCUT2D eigenvalue weighted by Crippen LogP contribution is 2.13. The molecule has 110 valence electrons. The molecule has 0 N–H and O–H groups in total. The van der Waals surface area contributed by atoms with Gasteiger partial charge in [0.25, 0.3) is 5.91 Å². The van der Waals surface area contributed by atoms with Crippen molar-refractivity contribution < 1.29 is 4.79 Å². The zero-order valence-electron chi connectivity index (χ0n) is 12.0. The Morgan fingerprint density at radius 2 is 2.14 bits per heavy atom. The van der Waals surface area contributed by atoms with E-state index in [4.69, 9.17) is 0 Å². The zero-order chi connectivity index (χ0) is 14.7. The molecule has 1 saturated heterocycles. The fraction of sp³-hybridized carbons (Fsp3) is 0.400. The molecule has 0 radical (unpaired) electrons. The average Bonchev–Trinajstić information content (AvgIpc) is 2.93. The van der Waals surface area contributed by atoms with Crippen molar-refractivity contribution in [2.24, 2.45) is 0 Å². The Morgan fingerprint density at radius 1 is 1.33 bits per heavy atom. The van der Waals surface area contributed by atoms with Crippen LogP contribution in [0.15, 0.2) is 29.9 Å². The minimum absolute atomic E-state index is 0.0762. The molecule has 1 aliphatic heterocycles. The molecule has 1 amide bonds. The van der Waals surface area contributed by atoms with E-state index < -0.39 is 0 Å². The summed E-state index contributed by atoms with van der Waals surface area (Å²) >= 11 is 1.69. The Hall–Kier alpha value is -1.79. The Balaban J connectivity index is 1.54. The minimum atomic E-state index is 0.0762. The maximum Gasteiger partial charge on any atom is 0.255 e. The van der Waals surface area contributed by atoms with Crippen LogP contribution in [-0.4, -0.2) is 51.9 Å². The molecule has 0 spiro atoms. The largest absolute Gasteiger partial charge is 0.336 e. The molecule has 0 bridgehead atoms. The molecule has 1 aliphatic rings. The van der Waals surface area contributed by atoms with E-state index in [0.717, 1.165) is 43.4 Å².